The molecule has 0 heterocycles. The Morgan fingerprint density at radius 3 is 1.92 bits per heavy atom. The molecular formula is C23H27N. The third kappa shape index (κ3) is 4.94. The summed E-state index contributed by atoms with van der Waals surface area (Å²) >= 11 is 0. The lowest BCUT2D eigenvalue weighted by Crippen LogP contribution is -2.25. The van der Waals surface area contributed by atoms with Crippen molar-refractivity contribution >= 4 is 0 Å². The summed E-state index contributed by atoms with van der Waals surface area (Å²) in [6.45, 7) is 7.25. The number of hydrogen-bond donors (Lipinski definition) is 0. The highest BCUT2D eigenvalue weighted by Gasteiger charge is 2.13. The van der Waals surface area contributed by atoms with Gasteiger partial charge in [0.05, 0.1) is 0 Å². The summed E-state index contributed by atoms with van der Waals surface area (Å²) in [4.78, 5) is 2.50. The van der Waals surface area contributed by atoms with Gasteiger partial charge in [0.25, 0.3) is 0 Å². The monoisotopic (exact) mass is 317 g/mol. The van der Waals surface area contributed by atoms with Crippen LogP contribution in [-0.2, 0) is 13.1 Å². The van der Waals surface area contributed by atoms with Crippen LogP contribution in [-0.4, -0.2) is 11.4 Å². The first-order chi connectivity index (χ1) is 11.8. The largest absolute Gasteiger partial charge is 0.291 e. The van der Waals surface area contributed by atoms with E-state index in [2.05, 4.69) is 78.2 Å². The lowest BCUT2D eigenvalue weighted by Gasteiger charge is -2.25. The van der Waals surface area contributed by atoms with Crippen LogP contribution in [0.3, 0.4) is 0 Å². The van der Waals surface area contributed by atoms with E-state index in [1.807, 2.05) is 0 Å². The molecule has 0 amide bonds. The minimum absolute atomic E-state index is 0.940. The van der Waals surface area contributed by atoms with E-state index in [1.54, 1.807) is 0 Å². The second kappa shape index (κ2) is 8.65. The first kappa shape index (κ1) is 16.7. The van der Waals surface area contributed by atoms with Crippen molar-refractivity contribution in [2.45, 2.75) is 38.8 Å². The van der Waals surface area contributed by atoms with Gasteiger partial charge in [-0.05, 0) is 48.0 Å². The quantitative estimate of drug-likeness (QED) is 0.629. The number of nitrogens with zero attached hydrogens (tertiary/aromatic N) is 1. The van der Waals surface area contributed by atoms with E-state index in [0.29, 0.717) is 0 Å². The minimum Gasteiger partial charge on any atom is -0.291 e. The van der Waals surface area contributed by atoms with Gasteiger partial charge in [0, 0.05) is 19.6 Å². The lowest BCUT2D eigenvalue weighted by molar-refractivity contribution is 0.280. The fraction of sp³-hybridized carbons (Fsp3) is 0.304. The Morgan fingerprint density at radius 1 is 0.833 bits per heavy atom. The summed E-state index contributed by atoms with van der Waals surface area (Å²) < 4.78 is 0. The number of rotatable bonds is 7. The van der Waals surface area contributed by atoms with E-state index in [4.69, 9.17) is 0 Å². The zero-order valence-electron chi connectivity index (χ0n) is 14.5. The SMILES string of the molecule is C=C(CN(Cc1ccccc1)Cc1ccccc1)C1=CCCCC1. The van der Waals surface area contributed by atoms with Gasteiger partial charge in [0.2, 0.25) is 0 Å². The first-order valence-electron chi connectivity index (χ1n) is 8.98. The highest BCUT2D eigenvalue weighted by Crippen LogP contribution is 2.24. The number of benzene rings is 2. The van der Waals surface area contributed by atoms with Crippen molar-refractivity contribution < 1.29 is 0 Å². The van der Waals surface area contributed by atoms with Gasteiger partial charge in [-0.2, -0.15) is 0 Å². The summed E-state index contributed by atoms with van der Waals surface area (Å²) in [7, 11) is 0. The molecule has 0 saturated carbocycles. The van der Waals surface area contributed by atoms with Crippen molar-refractivity contribution in [2.24, 2.45) is 0 Å². The Bertz CT molecular complexity index is 628. The summed E-state index contributed by atoms with van der Waals surface area (Å²) in [5.41, 5.74) is 5.49. The van der Waals surface area contributed by atoms with Crippen molar-refractivity contribution in [3.63, 3.8) is 0 Å². The fourth-order valence-electron chi connectivity index (χ4n) is 3.38. The van der Waals surface area contributed by atoms with E-state index < -0.39 is 0 Å². The number of allylic oxidation sites excluding steroid dienone is 1. The molecule has 0 aromatic heterocycles. The molecule has 0 spiro atoms. The van der Waals surface area contributed by atoms with Crippen LogP contribution < -0.4 is 0 Å². The molecule has 0 aliphatic heterocycles. The van der Waals surface area contributed by atoms with Gasteiger partial charge in [-0.1, -0.05) is 73.3 Å². The third-order valence-corrected chi connectivity index (χ3v) is 4.66. The molecule has 2 aromatic carbocycles. The molecule has 0 saturated heterocycles. The zero-order valence-corrected chi connectivity index (χ0v) is 14.5. The molecule has 0 unspecified atom stereocenters. The van der Waals surface area contributed by atoms with Crippen LogP contribution >= 0.6 is 0 Å². The van der Waals surface area contributed by atoms with Crippen LogP contribution in [0.4, 0.5) is 0 Å². The molecule has 0 bridgehead atoms. The highest BCUT2D eigenvalue weighted by molar-refractivity contribution is 5.31. The van der Waals surface area contributed by atoms with E-state index in [-0.39, 0.29) is 0 Å². The Morgan fingerprint density at radius 2 is 1.42 bits per heavy atom. The van der Waals surface area contributed by atoms with Crippen LogP contribution in [0, 0.1) is 0 Å². The van der Waals surface area contributed by atoms with Crippen molar-refractivity contribution in [2.75, 3.05) is 6.54 Å². The molecule has 124 valence electrons. The van der Waals surface area contributed by atoms with Gasteiger partial charge in [-0.3, -0.25) is 4.90 Å². The predicted molar refractivity (Wildman–Crippen MR) is 103 cm³/mol. The maximum atomic E-state index is 4.39. The summed E-state index contributed by atoms with van der Waals surface area (Å²) in [6.07, 6.45) is 7.45. The molecule has 0 radical (unpaired) electrons. The Hall–Kier alpha value is -2.12. The zero-order chi connectivity index (χ0) is 16.6. The van der Waals surface area contributed by atoms with E-state index >= 15 is 0 Å². The molecule has 2 aromatic rings. The summed E-state index contributed by atoms with van der Waals surface area (Å²) in [6, 6.07) is 21.5. The molecule has 3 rings (SSSR count). The van der Waals surface area contributed by atoms with Crippen molar-refractivity contribution in [3.8, 4) is 0 Å². The Labute approximate surface area is 146 Å². The number of hydrogen-bond acceptors (Lipinski definition) is 1. The molecule has 0 fully saturated rings. The van der Waals surface area contributed by atoms with Gasteiger partial charge in [-0.25, -0.2) is 0 Å². The standard InChI is InChI=1S/C23H27N/c1-20(23-15-9-4-10-16-23)17-24(18-21-11-5-2-6-12-21)19-22-13-7-3-8-14-22/h2-3,5-8,11-15H,1,4,9-10,16-19H2. The normalized spacial score (nSPS) is 14.5. The second-order valence-electron chi connectivity index (χ2n) is 6.70. The molecule has 0 N–H and O–H groups in total. The van der Waals surface area contributed by atoms with Crippen LogP contribution in [0.25, 0.3) is 0 Å². The van der Waals surface area contributed by atoms with Crippen LogP contribution in [0.15, 0.2) is 84.5 Å². The average Bonchev–Trinajstić information content (AvgIpc) is 2.64. The van der Waals surface area contributed by atoms with Crippen LogP contribution in [0.1, 0.15) is 36.8 Å². The maximum Gasteiger partial charge on any atom is 0.0240 e. The highest BCUT2D eigenvalue weighted by atomic mass is 15.1. The molecule has 1 aliphatic rings. The summed E-state index contributed by atoms with van der Waals surface area (Å²) in [5, 5.41) is 0. The van der Waals surface area contributed by atoms with Crippen molar-refractivity contribution in [3.05, 3.63) is 95.6 Å². The molecule has 1 heteroatoms. The fourth-order valence-corrected chi connectivity index (χ4v) is 3.38. The molecular weight excluding hydrogens is 290 g/mol. The second-order valence-corrected chi connectivity index (χ2v) is 6.70. The van der Waals surface area contributed by atoms with Gasteiger partial charge < -0.3 is 0 Å². The van der Waals surface area contributed by atoms with Gasteiger partial charge in [0.1, 0.15) is 0 Å². The minimum atomic E-state index is 0.940. The first-order valence-corrected chi connectivity index (χ1v) is 8.98. The lowest BCUT2D eigenvalue weighted by atomic mass is 9.94. The summed E-state index contributed by atoms with van der Waals surface area (Å²) in [5.74, 6) is 0. The molecule has 0 atom stereocenters. The molecule has 24 heavy (non-hydrogen) atoms. The van der Waals surface area contributed by atoms with Gasteiger partial charge in [-0.15, -0.1) is 0 Å². The van der Waals surface area contributed by atoms with Gasteiger partial charge in [0.15, 0.2) is 0 Å². The van der Waals surface area contributed by atoms with Crippen LogP contribution in [0.5, 0.6) is 0 Å². The van der Waals surface area contributed by atoms with Crippen LogP contribution in [0.2, 0.25) is 0 Å². The Balaban J connectivity index is 1.71. The smallest absolute Gasteiger partial charge is 0.0240 e. The molecule has 1 aliphatic carbocycles. The van der Waals surface area contributed by atoms with E-state index in [9.17, 15) is 0 Å². The topological polar surface area (TPSA) is 3.24 Å². The predicted octanol–water partition coefficient (Wildman–Crippen LogP) is 5.75. The van der Waals surface area contributed by atoms with Crippen molar-refractivity contribution in [1.29, 1.82) is 0 Å². The van der Waals surface area contributed by atoms with E-state index in [0.717, 1.165) is 19.6 Å². The average molecular weight is 317 g/mol. The van der Waals surface area contributed by atoms with Crippen molar-refractivity contribution in [1.82, 2.24) is 4.90 Å². The molecule has 1 nitrogen and oxygen atoms in total. The Kier molecular flexibility index (Phi) is 6.03. The van der Waals surface area contributed by atoms with Gasteiger partial charge >= 0.3 is 0 Å². The third-order valence-electron chi connectivity index (χ3n) is 4.66. The maximum absolute atomic E-state index is 4.39. The van der Waals surface area contributed by atoms with E-state index in [1.165, 1.54) is 48.0 Å².